The first-order valence-corrected chi connectivity index (χ1v) is 9.59. The van der Waals surface area contributed by atoms with E-state index in [4.69, 9.17) is 9.47 Å². The Hall–Kier alpha value is -3.02. The highest BCUT2D eigenvalue weighted by molar-refractivity contribution is 6.04. The number of methoxy groups -OCH3 is 1. The minimum Gasteiger partial charge on any atom is -0.493 e. The highest BCUT2D eigenvalue weighted by Gasteiger charge is 2.23. The molecular weight excluding hydrogens is 356 g/mol. The molecule has 6 heteroatoms. The van der Waals surface area contributed by atoms with E-state index < -0.39 is 6.10 Å². The number of hydrogen-bond acceptors (Lipinski definition) is 4. The standard InChI is InChI=1S/C22H26N2O4/c1-16(28-20-13-7-6-12-19(20)27-2)21(25)23-18-11-5-4-10-17(18)22(26)24-14-8-3-9-15-24/h4-7,10-13,16H,3,8-9,14-15H2,1-2H3,(H,23,25). The highest BCUT2D eigenvalue weighted by atomic mass is 16.5. The summed E-state index contributed by atoms with van der Waals surface area (Å²) >= 11 is 0. The van der Waals surface area contributed by atoms with E-state index >= 15 is 0 Å². The van der Waals surface area contributed by atoms with Gasteiger partial charge in [-0.1, -0.05) is 24.3 Å². The highest BCUT2D eigenvalue weighted by Crippen LogP contribution is 2.27. The lowest BCUT2D eigenvalue weighted by Gasteiger charge is -2.27. The molecule has 1 unspecified atom stereocenters. The summed E-state index contributed by atoms with van der Waals surface area (Å²) in [5, 5.41) is 2.84. The van der Waals surface area contributed by atoms with Crippen LogP contribution < -0.4 is 14.8 Å². The number of amides is 2. The average Bonchev–Trinajstić information content (AvgIpc) is 2.74. The van der Waals surface area contributed by atoms with Gasteiger partial charge in [0.15, 0.2) is 17.6 Å². The summed E-state index contributed by atoms with van der Waals surface area (Å²) < 4.78 is 11.0. The predicted molar refractivity (Wildman–Crippen MR) is 108 cm³/mol. The second-order valence-electron chi connectivity index (χ2n) is 6.80. The number of nitrogens with one attached hydrogen (secondary N) is 1. The third-order valence-electron chi connectivity index (χ3n) is 4.80. The molecule has 3 rings (SSSR count). The molecule has 1 fully saturated rings. The summed E-state index contributed by atoms with van der Waals surface area (Å²) in [5.74, 6) is 0.673. The molecule has 6 nitrogen and oxygen atoms in total. The van der Waals surface area contributed by atoms with Gasteiger partial charge >= 0.3 is 0 Å². The molecule has 2 amide bonds. The van der Waals surface area contributed by atoms with Crippen LogP contribution in [0.3, 0.4) is 0 Å². The topological polar surface area (TPSA) is 67.9 Å². The molecule has 1 N–H and O–H groups in total. The van der Waals surface area contributed by atoms with Crippen molar-refractivity contribution in [2.75, 3.05) is 25.5 Å². The predicted octanol–water partition coefficient (Wildman–Crippen LogP) is 3.73. The van der Waals surface area contributed by atoms with Crippen LogP contribution in [0.15, 0.2) is 48.5 Å². The molecule has 28 heavy (non-hydrogen) atoms. The van der Waals surface area contributed by atoms with Crippen LogP contribution in [0.2, 0.25) is 0 Å². The Labute approximate surface area is 165 Å². The maximum Gasteiger partial charge on any atom is 0.265 e. The van der Waals surface area contributed by atoms with E-state index in [1.54, 1.807) is 44.4 Å². The Balaban J connectivity index is 1.70. The number of piperidine rings is 1. The number of benzene rings is 2. The van der Waals surface area contributed by atoms with E-state index in [0.29, 0.717) is 22.7 Å². The maximum atomic E-state index is 12.9. The Morgan fingerprint density at radius 2 is 1.61 bits per heavy atom. The van der Waals surface area contributed by atoms with Gasteiger partial charge in [-0.2, -0.15) is 0 Å². The van der Waals surface area contributed by atoms with Crippen molar-refractivity contribution in [3.63, 3.8) is 0 Å². The van der Waals surface area contributed by atoms with Crippen molar-refractivity contribution >= 4 is 17.5 Å². The van der Waals surface area contributed by atoms with Gasteiger partial charge in [0.05, 0.1) is 18.4 Å². The van der Waals surface area contributed by atoms with E-state index in [2.05, 4.69) is 5.32 Å². The van der Waals surface area contributed by atoms with E-state index in [9.17, 15) is 9.59 Å². The Kier molecular flexibility index (Phi) is 6.53. The van der Waals surface area contributed by atoms with Crippen molar-refractivity contribution in [3.05, 3.63) is 54.1 Å². The lowest BCUT2D eigenvalue weighted by atomic mass is 10.1. The van der Waals surface area contributed by atoms with Crippen molar-refractivity contribution in [2.45, 2.75) is 32.3 Å². The first-order chi connectivity index (χ1) is 13.6. The van der Waals surface area contributed by atoms with Crippen LogP contribution in [-0.2, 0) is 4.79 Å². The number of anilines is 1. The number of likely N-dealkylation sites (tertiary alicyclic amines) is 1. The van der Waals surface area contributed by atoms with Gasteiger partial charge in [-0.25, -0.2) is 0 Å². The smallest absolute Gasteiger partial charge is 0.265 e. The van der Waals surface area contributed by atoms with Gasteiger partial charge < -0.3 is 19.7 Å². The third kappa shape index (κ3) is 4.63. The summed E-state index contributed by atoms with van der Waals surface area (Å²) in [5.41, 5.74) is 1.00. The summed E-state index contributed by atoms with van der Waals surface area (Å²) in [6.07, 6.45) is 2.43. The SMILES string of the molecule is COc1ccccc1OC(C)C(=O)Nc1ccccc1C(=O)N1CCCCC1. The lowest BCUT2D eigenvalue weighted by Crippen LogP contribution is -2.36. The molecule has 2 aromatic rings. The molecule has 1 heterocycles. The number of nitrogens with zero attached hydrogens (tertiary/aromatic N) is 1. The van der Waals surface area contributed by atoms with Gasteiger partial charge in [-0.15, -0.1) is 0 Å². The average molecular weight is 382 g/mol. The van der Waals surface area contributed by atoms with Crippen molar-refractivity contribution in [1.82, 2.24) is 4.90 Å². The third-order valence-corrected chi connectivity index (χ3v) is 4.80. The van der Waals surface area contributed by atoms with E-state index in [0.717, 1.165) is 32.4 Å². The van der Waals surface area contributed by atoms with Gasteiger partial charge in [0, 0.05) is 13.1 Å². The monoisotopic (exact) mass is 382 g/mol. The van der Waals surface area contributed by atoms with Crippen LogP contribution in [0, 0.1) is 0 Å². The maximum absolute atomic E-state index is 12.9. The molecule has 1 aliphatic heterocycles. The van der Waals surface area contributed by atoms with Gasteiger partial charge in [0.2, 0.25) is 0 Å². The minimum absolute atomic E-state index is 0.0473. The molecule has 1 saturated heterocycles. The normalized spacial score (nSPS) is 14.9. The van der Waals surface area contributed by atoms with Crippen LogP contribution in [0.1, 0.15) is 36.5 Å². The van der Waals surface area contributed by atoms with Crippen LogP contribution in [0.4, 0.5) is 5.69 Å². The zero-order valence-corrected chi connectivity index (χ0v) is 16.3. The molecule has 148 valence electrons. The number of carbonyl (C=O) groups is 2. The quantitative estimate of drug-likeness (QED) is 0.827. The van der Waals surface area contributed by atoms with E-state index in [1.807, 2.05) is 23.1 Å². The fourth-order valence-electron chi connectivity index (χ4n) is 3.24. The van der Waals surface area contributed by atoms with E-state index in [1.165, 1.54) is 0 Å². The number of hydrogen-bond donors (Lipinski definition) is 1. The van der Waals surface area contributed by atoms with Crippen molar-refractivity contribution in [1.29, 1.82) is 0 Å². The fourth-order valence-corrected chi connectivity index (χ4v) is 3.24. The Bertz CT molecular complexity index is 831. The number of rotatable bonds is 6. The van der Waals surface area contributed by atoms with Crippen molar-refractivity contribution in [3.8, 4) is 11.5 Å². The Morgan fingerprint density at radius 1 is 0.964 bits per heavy atom. The second kappa shape index (κ2) is 9.26. The minimum atomic E-state index is -0.755. The van der Waals surface area contributed by atoms with Gasteiger partial charge in [0.25, 0.3) is 11.8 Å². The largest absolute Gasteiger partial charge is 0.493 e. The molecule has 0 bridgehead atoms. The van der Waals surface area contributed by atoms with Crippen molar-refractivity contribution < 1.29 is 19.1 Å². The number of ether oxygens (including phenoxy) is 2. The molecule has 0 aromatic heterocycles. The summed E-state index contributed by atoms with van der Waals surface area (Å²) in [6.45, 7) is 3.18. The zero-order valence-electron chi connectivity index (χ0n) is 16.3. The van der Waals surface area contributed by atoms with Gasteiger partial charge in [0.1, 0.15) is 0 Å². The first kappa shape index (κ1) is 19.7. The van der Waals surface area contributed by atoms with Crippen LogP contribution >= 0.6 is 0 Å². The molecule has 0 saturated carbocycles. The first-order valence-electron chi connectivity index (χ1n) is 9.59. The molecule has 2 aromatic carbocycles. The molecule has 1 aliphatic rings. The fraction of sp³-hybridized carbons (Fsp3) is 0.364. The molecule has 0 radical (unpaired) electrons. The molecule has 1 atom stereocenters. The summed E-state index contributed by atoms with van der Waals surface area (Å²) in [7, 11) is 1.55. The van der Waals surface area contributed by atoms with Crippen LogP contribution in [-0.4, -0.2) is 43.0 Å². The van der Waals surface area contributed by atoms with E-state index in [-0.39, 0.29) is 11.8 Å². The zero-order chi connectivity index (χ0) is 19.9. The van der Waals surface area contributed by atoms with Gasteiger partial charge in [-0.3, -0.25) is 9.59 Å². The summed E-state index contributed by atoms with van der Waals surface area (Å²) in [6, 6.07) is 14.3. The molecular formula is C22H26N2O4. The van der Waals surface area contributed by atoms with Gasteiger partial charge in [-0.05, 0) is 50.5 Å². The molecule has 0 spiro atoms. The number of carbonyl (C=O) groups excluding carboxylic acids is 2. The Morgan fingerprint density at radius 3 is 2.32 bits per heavy atom. The number of para-hydroxylation sites is 3. The second-order valence-corrected chi connectivity index (χ2v) is 6.80. The van der Waals surface area contributed by atoms with Crippen LogP contribution in [0.25, 0.3) is 0 Å². The summed E-state index contributed by atoms with van der Waals surface area (Å²) in [4.78, 5) is 27.4. The molecule has 0 aliphatic carbocycles. The van der Waals surface area contributed by atoms with Crippen molar-refractivity contribution in [2.24, 2.45) is 0 Å². The van der Waals surface area contributed by atoms with Crippen LogP contribution in [0.5, 0.6) is 11.5 Å². The lowest BCUT2D eigenvalue weighted by molar-refractivity contribution is -0.122.